The van der Waals surface area contributed by atoms with Gasteiger partial charge in [-0.2, -0.15) is 5.10 Å². The molecule has 29 heavy (non-hydrogen) atoms. The first-order chi connectivity index (χ1) is 13.9. The maximum absolute atomic E-state index is 13.8. The number of hydrogen-bond donors (Lipinski definition) is 5. The average Bonchev–Trinajstić information content (AvgIpc) is 3.07. The van der Waals surface area contributed by atoms with Crippen molar-refractivity contribution >= 4 is 22.2 Å². The van der Waals surface area contributed by atoms with Crippen LogP contribution in [0.5, 0.6) is 5.75 Å². The molecule has 2 aromatic carbocycles. The van der Waals surface area contributed by atoms with Gasteiger partial charge in [0.25, 0.3) is 0 Å². The van der Waals surface area contributed by atoms with E-state index in [9.17, 15) is 13.7 Å². The van der Waals surface area contributed by atoms with Gasteiger partial charge in [0.1, 0.15) is 18.2 Å². The molecule has 3 rings (SSSR count). The lowest BCUT2D eigenvalue weighted by molar-refractivity contribution is 0.171. The summed E-state index contributed by atoms with van der Waals surface area (Å²) in [5, 5.41) is 21.5. The van der Waals surface area contributed by atoms with Crippen molar-refractivity contribution in [2.24, 2.45) is 0 Å². The van der Waals surface area contributed by atoms with Crippen LogP contribution >= 0.6 is 0 Å². The van der Waals surface area contributed by atoms with Crippen molar-refractivity contribution in [3.05, 3.63) is 59.0 Å². The van der Waals surface area contributed by atoms with Crippen LogP contribution in [-0.4, -0.2) is 43.8 Å². The van der Waals surface area contributed by atoms with Crippen molar-refractivity contribution in [1.82, 2.24) is 20.2 Å². The predicted octanol–water partition coefficient (Wildman–Crippen LogP) is 1.94. The Morgan fingerprint density at radius 1 is 1.31 bits per heavy atom. The minimum atomic E-state index is -2.23. The molecule has 0 radical (unpaired) electrons. The zero-order valence-corrected chi connectivity index (χ0v) is 16.6. The van der Waals surface area contributed by atoms with E-state index in [0.29, 0.717) is 24.5 Å². The molecule has 0 saturated heterocycles. The standard InChI is InChI=1S/C19H23FN4O4S/c1-12-16-4-3-15(9-18(16)24-23-12)28-7-6-21-11-19(25)13-2-5-17(20)14(8-13)10-22-29(26)27/h2-5,8-9,19,21-22,25H,6-7,10-11H2,1H3,(H,23,24)(H,26,27). The Kier molecular flexibility index (Phi) is 7.29. The van der Waals surface area contributed by atoms with Crippen molar-refractivity contribution in [2.75, 3.05) is 19.7 Å². The first kappa shape index (κ1) is 21.3. The number of H-pyrrole nitrogens is 1. The number of benzene rings is 2. The number of aromatic amines is 1. The summed E-state index contributed by atoms with van der Waals surface area (Å²) in [7, 11) is 0. The fourth-order valence-electron chi connectivity index (χ4n) is 2.89. The van der Waals surface area contributed by atoms with E-state index in [4.69, 9.17) is 9.29 Å². The van der Waals surface area contributed by atoms with Crippen molar-refractivity contribution < 1.29 is 23.0 Å². The van der Waals surface area contributed by atoms with Crippen LogP contribution in [0.15, 0.2) is 36.4 Å². The second-order valence-electron chi connectivity index (χ2n) is 6.52. The van der Waals surface area contributed by atoms with E-state index in [1.54, 1.807) is 0 Å². The fraction of sp³-hybridized carbons (Fsp3) is 0.316. The summed E-state index contributed by atoms with van der Waals surface area (Å²) in [5.41, 5.74) is 2.57. The molecule has 2 atom stereocenters. The molecule has 8 nitrogen and oxygen atoms in total. The highest BCUT2D eigenvalue weighted by Gasteiger charge is 2.11. The molecule has 0 aliphatic rings. The second-order valence-corrected chi connectivity index (χ2v) is 7.30. The van der Waals surface area contributed by atoms with E-state index in [0.717, 1.165) is 16.6 Å². The molecule has 1 heterocycles. The van der Waals surface area contributed by atoms with E-state index in [-0.39, 0.29) is 18.7 Å². The molecule has 1 aromatic heterocycles. The van der Waals surface area contributed by atoms with Gasteiger partial charge in [-0.25, -0.2) is 13.3 Å². The monoisotopic (exact) mass is 422 g/mol. The van der Waals surface area contributed by atoms with Gasteiger partial charge < -0.3 is 15.2 Å². The highest BCUT2D eigenvalue weighted by molar-refractivity contribution is 7.77. The Morgan fingerprint density at radius 2 is 2.14 bits per heavy atom. The molecule has 3 aromatic rings. The lowest BCUT2D eigenvalue weighted by Crippen LogP contribution is -2.26. The minimum absolute atomic E-state index is 0.114. The van der Waals surface area contributed by atoms with Crippen molar-refractivity contribution in [1.29, 1.82) is 0 Å². The summed E-state index contributed by atoms with van der Waals surface area (Å²) in [6.45, 7) is 3.01. The Balaban J connectivity index is 1.45. The fourth-order valence-corrected chi connectivity index (χ4v) is 3.17. The SMILES string of the molecule is Cc1[nH]nc2cc(OCCNCC(O)c3ccc(F)c(CNS(=O)O)c3)ccc12. The topological polar surface area (TPSA) is 120 Å². The number of ether oxygens (including phenoxy) is 1. The summed E-state index contributed by atoms with van der Waals surface area (Å²) in [5.74, 6) is 0.202. The zero-order chi connectivity index (χ0) is 20.8. The molecule has 0 bridgehead atoms. The van der Waals surface area contributed by atoms with Gasteiger partial charge in [-0.1, -0.05) is 6.07 Å². The number of aliphatic hydroxyl groups excluding tert-OH is 1. The maximum atomic E-state index is 13.8. The molecule has 0 aliphatic heterocycles. The molecule has 0 aliphatic carbocycles. The number of hydrogen-bond acceptors (Lipinski definition) is 5. The Hall–Kier alpha value is -2.37. The average molecular weight is 422 g/mol. The molecule has 10 heteroatoms. The highest BCUT2D eigenvalue weighted by atomic mass is 32.2. The molecule has 5 N–H and O–H groups in total. The van der Waals surface area contributed by atoms with Crippen LogP contribution in [0.25, 0.3) is 10.9 Å². The number of rotatable bonds is 10. The maximum Gasteiger partial charge on any atom is 0.232 e. The summed E-state index contributed by atoms with van der Waals surface area (Å²) in [4.78, 5) is 0. The van der Waals surface area contributed by atoms with Gasteiger partial charge in [0.2, 0.25) is 11.3 Å². The first-order valence-electron chi connectivity index (χ1n) is 9.03. The summed E-state index contributed by atoms with van der Waals surface area (Å²) in [6.07, 6.45) is -0.850. The number of aliphatic hydroxyl groups is 1. The molecule has 0 spiro atoms. The van der Waals surface area contributed by atoms with Gasteiger partial charge >= 0.3 is 0 Å². The van der Waals surface area contributed by atoms with E-state index in [2.05, 4.69) is 20.2 Å². The third-order valence-electron chi connectivity index (χ3n) is 4.44. The van der Waals surface area contributed by atoms with Crippen LogP contribution in [0.1, 0.15) is 22.9 Å². The van der Waals surface area contributed by atoms with Crippen molar-refractivity contribution in [2.45, 2.75) is 19.6 Å². The van der Waals surface area contributed by atoms with E-state index >= 15 is 0 Å². The molecule has 0 amide bonds. The van der Waals surface area contributed by atoms with Gasteiger partial charge in [-0.05, 0) is 36.8 Å². The summed E-state index contributed by atoms with van der Waals surface area (Å²) < 4.78 is 41.1. The van der Waals surface area contributed by atoms with E-state index < -0.39 is 23.2 Å². The quantitative estimate of drug-likeness (QED) is 0.252. The number of aryl methyl sites for hydroxylation is 1. The normalized spacial score (nSPS) is 13.5. The van der Waals surface area contributed by atoms with Gasteiger partial charge in [0.15, 0.2) is 0 Å². The molecular formula is C19H23FN4O4S. The number of halogens is 1. The van der Waals surface area contributed by atoms with Crippen LogP contribution in [0.4, 0.5) is 4.39 Å². The third-order valence-corrected chi connectivity index (χ3v) is 4.83. The van der Waals surface area contributed by atoms with Crippen LogP contribution in [-0.2, 0) is 17.8 Å². The Morgan fingerprint density at radius 3 is 2.93 bits per heavy atom. The zero-order valence-electron chi connectivity index (χ0n) is 15.8. The molecule has 2 unspecified atom stereocenters. The van der Waals surface area contributed by atoms with Crippen LogP contribution in [0.3, 0.4) is 0 Å². The van der Waals surface area contributed by atoms with Crippen LogP contribution in [0, 0.1) is 12.7 Å². The van der Waals surface area contributed by atoms with Crippen molar-refractivity contribution in [3.8, 4) is 5.75 Å². The second kappa shape index (κ2) is 9.90. The number of fused-ring (bicyclic) bond motifs is 1. The van der Waals surface area contributed by atoms with Crippen LogP contribution in [0.2, 0.25) is 0 Å². The highest BCUT2D eigenvalue weighted by Crippen LogP contribution is 2.21. The lowest BCUT2D eigenvalue weighted by atomic mass is 10.1. The Labute approximate surface area is 169 Å². The third kappa shape index (κ3) is 5.81. The number of aromatic nitrogens is 2. The minimum Gasteiger partial charge on any atom is -0.492 e. The first-order valence-corrected chi connectivity index (χ1v) is 10.1. The van der Waals surface area contributed by atoms with E-state index in [1.165, 1.54) is 18.2 Å². The van der Waals surface area contributed by atoms with Gasteiger partial charge in [-0.15, -0.1) is 0 Å². The number of nitrogens with zero attached hydrogens (tertiary/aromatic N) is 1. The predicted molar refractivity (Wildman–Crippen MR) is 108 cm³/mol. The van der Waals surface area contributed by atoms with Crippen molar-refractivity contribution in [3.63, 3.8) is 0 Å². The van der Waals surface area contributed by atoms with Gasteiger partial charge in [-0.3, -0.25) is 9.65 Å². The number of nitrogens with one attached hydrogen (secondary N) is 3. The largest absolute Gasteiger partial charge is 0.492 e. The lowest BCUT2D eigenvalue weighted by Gasteiger charge is -2.14. The van der Waals surface area contributed by atoms with Crippen LogP contribution < -0.4 is 14.8 Å². The smallest absolute Gasteiger partial charge is 0.232 e. The van der Waals surface area contributed by atoms with Gasteiger partial charge in [0.05, 0.1) is 11.6 Å². The molecule has 0 saturated carbocycles. The molecule has 0 fully saturated rings. The summed E-state index contributed by atoms with van der Waals surface area (Å²) >= 11 is -2.23. The molecular weight excluding hydrogens is 399 g/mol. The molecule has 156 valence electrons. The Bertz CT molecular complexity index is 997. The van der Waals surface area contributed by atoms with E-state index in [1.807, 2.05) is 25.1 Å². The van der Waals surface area contributed by atoms with Gasteiger partial charge in [0, 0.05) is 42.3 Å². The summed E-state index contributed by atoms with van der Waals surface area (Å²) in [6, 6.07) is 9.88.